The summed E-state index contributed by atoms with van der Waals surface area (Å²) in [4.78, 5) is 14.8. The Bertz CT molecular complexity index is 1110. The highest BCUT2D eigenvalue weighted by Crippen LogP contribution is 2.30. The summed E-state index contributed by atoms with van der Waals surface area (Å²) in [7, 11) is 0. The van der Waals surface area contributed by atoms with Crippen molar-refractivity contribution in [2.75, 3.05) is 31.1 Å². The molecular weight excluding hydrogens is 380 g/mol. The summed E-state index contributed by atoms with van der Waals surface area (Å²) in [5.41, 5.74) is 5.43. The van der Waals surface area contributed by atoms with Gasteiger partial charge in [-0.25, -0.2) is 4.98 Å². The molecule has 154 valence electrons. The van der Waals surface area contributed by atoms with E-state index in [2.05, 4.69) is 76.5 Å². The van der Waals surface area contributed by atoms with Gasteiger partial charge in [-0.1, -0.05) is 91.0 Å². The van der Waals surface area contributed by atoms with Gasteiger partial charge in [-0.05, 0) is 5.56 Å². The Morgan fingerprint density at radius 1 is 0.613 bits per heavy atom. The number of anilines is 1. The SMILES string of the molecule is c1ccc(CN2CCN(c3cnc(-c4ccccc4)c(-c4ccccc4)n3)CC2)cc1. The number of hydrogen-bond donors (Lipinski definition) is 0. The van der Waals surface area contributed by atoms with Crippen LogP contribution in [0.25, 0.3) is 22.5 Å². The minimum atomic E-state index is 0.929. The maximum atomic E-state index is 5.10. The van der Waals surface area contributed by atoms with E-state index in [1.54, 1.807) is 0 Å². The minimum absolute atomic E-state index is 0.929. The van der Waals surface area contributed by atoms with Gasteiger partial charge in [-0.2, -0.15) is 0 Å². The largest absolute Gasteiger partial charge is 0.353 e. The predicted octanol–water partition coefficient (Wildman–Crippen LogP) is 5.13. The first-order valence-corrected chi connectivity index (χ1v) is 10.9. The Morgan fingerprint density at radius 2 is 1.16 bits per heavy atom. The van der Waals surface area contributed by atoms with E-state index in [1.807, 2.05) is 30.5 Å². The number of piperazine rings is 1. The van der Waals surface area contributed by atoms with Crippen molar-refractivity contribution in [1.82, 2.24) is 14.9 Å². The van der Waals surface area contributed by atoms with Gasteiger partial charge in [0.15, 0.2) is 0 Å². The molecule has 0 spiro atoms. The van der Waals surface area contributed by atoms with Crippen LogP contribution in [0.15, 0.2) is 97.2 Å². The summed E-state index contributed by atoms with van der Waals surface area (Å²) in [5.74, 6) is 0.956. The standard InChI is InChI=1S/C27H26N4/c1-4-10-22(11-5-1)21-30-16-18-31(19-17-30)25-20-28-26(23-12-6-2-7-13-23)27(29-25)24-14-8-3-9-15-24/h1-15,20H,16-19,21H2. The Kier molecular flexibility index (Phi) is 5.72. The van der Waals surface area contributed by atoms with E-state index in [0.717, 1.165) is 61.1 Å². The van der Waals surface area contributed by atoms with Crippen LogP contribution in [0.3, 0.4) is 0 Å². The average molecular weight is 407 g/mol. The molecule has 3 aromatic carbocycles. The van der Waals surface area contributed by atoms with Crippen LogP contribution >= 0.6 is 0 Å². The van der Waals surface area contributed by atoms with Crippen molar-refractivity contribution in [2.24, 2.45) is 0 Å². The van der Waals surface area contributed by atoms with Crippen molar-refractivity contribution in [3.05, 3.63) is 103 Å². The smallest absolute Gasteiger partial charge is 0.147 e. The molecule has 4 heteroatoms. The third kappa shape index (κ3) is 4.49. The molecule has 4 nitrogen and oxygen atoms in total. The van der Waals surface area contributed by atoms with Crippen molar-refractivity contribution < 1.29 is 0 Å². The lowest BCUT2D eigenvalue weighted by molar-refractivity contribution is 0.249. The molecular formula is C27H26N4. The first kappa shape index (κ1) is 19.5. The van der Waals surface area contributed by atoms with E-state index in [4.69, 9.17) is 9.97 Å². The maximum absolute atomic E-state index is 5.10. The number of benzene rings is 3. The van der Waals surface area contributed by atoms with E-state index in [-0.39, 0.29) is 0 Å². The fourth-order valence-electron chi connectivity index (χ4n) is 4.11. The zero-order valence-electron chi connectivity index (χ0n) is 17.6. The second-order valence-electron chi connectivity index (χ2n) is 7.91. The van der Waals surface area contributed by atoms with E-state index >= 15 is 0 Å². The zero-order chi connectivity index (χ0) is 20.9. The molecule has 1 saturated heterocycles. The van der Waals surface area contributed by atoms with Gasteiger partial charge in [-0.15, -0.1) is 0 Å². The molecule has 0 saturated carbocycles. The van der Waals surface area contributed by atoms with Gasteiger partial charge < -0.3 is 4.90 Å². The van der Waals surface area contributed by atoms with Gasteiger partial charge in [0.25, 0.3) is 0 Å². The Labute approximate surface area is 183 Å². The van der Waals surface area contributed by atoms with Crippen molar-refractivity contribution in [2.45, 2.75) is 6.54 Å². The monoisotopic (exact) mass is 406 g/mol. The van der Waals surface area contributed by atoms with E-state index < -0.39 is 0 Å². The molecule has 4 aromatic rings. The molecule has 0 N–H and O–H groups in total. The van der Waals surface area contributed by atoms with Crippen LogP contribution in [0.4, 0.5) is 5.82 Å². The van der Waals surface area contributed by atoms with Crippen molar-refractivity contribution in [1.29, 1.82) is 0 Å². The van der Waals surface area contributed by atoms with Gasteiger partial charge in [0.1, 0.15) is 5.82 Å². The Balaban J connectivity index is 1.38. The van der Waals surface area contributed by atoms with Crippen LogP contribution in [0.5, 0.6) is 0 Å². The third-order valence-corrected chi connectivity index (χ3v) is 5.80. The first-order valence-electron chi connectivity index (χ1n) is 10.9. The lowest BCUT2D eigenvalue weighted by Gasteiger charge is -2.35. The van der Waals surface area contributed by atoms with E-state index in [0.29, 0.717) is 0 Å². The lowest BCUT2D eigenvalue weighted by atomic mass is 10.0. The van der Waals surface area contributed by atoms with Crippen LogP contribution in [-0.4, -0.2) is 41.0 Å². The summed E-state index contributed by atoms with van der Waals surface area (Å²) in [6.45, 7) is 4.97. The molecule has 1 aromatic heterocycles. The quantitative estimate of drug-likeness (QED) is 0.460. The van der Waals surface area contributed by atoms with Gasteiger partial charge in [0.2, 0.25) is 0 Å². The van der Waals surface area contributed by atoms with Crippen LogP contribution in [0.1, 0.15) is 5.56 Å². The second kappa shape index (κ2) is 9.11. The molecule has 0 amide bonds. The molecule has 0 radical (unpaired) electrons. The minimum Gasteiger partial charge on any atom is -0.353 e. The molecule has 5 rings (SSSR count). The van der Waals surface area contributed by atoms with Crippen LogP contribution < -0.4 is 4.90 Å². The number of rotatable bonds is 5. The Morgan fingerprint density at radius 3 is 1.77 bits per heavy atom. The van der Waals surface area contributed by atoms with Gasteiger partial charge in [0.05, 0.1) is 17.6 Å². The molecule has 31 heavy (non-hydrogen) atoms. The fourth-order valence-corrected chi connectivity index (χ4v) is 4.11. The topological polar surface area (TPSA) is 32.3 Å². The summed E-state index contributed by atoms with van der Waals surface area (Å²) in [5, 5.41) is 0. The Hall–Kier alpha value is -3.50. The number of nitrogens with zero attached hydrogens (tertiary/aromatic N) is 4. The molecule has 2 heterocycles. The highest BCUT2D eigenvalue weighted by Gasteiger charge is 2.20. The van der Waals surface area contributed by atoms with E-state index in [9.17, 15) is 0 Å². The van der Waals surface area contributed by atoms with Gasteiger partial charge >= 0.3 is 0 Å². The molecule has 0 aliphatic carbocycles. The predicted molar refractivity (Wildman–Crippen MR) is 127 cm³/mol. The summed E-state index contributed by atoms with van der Waals surface area (Å²) in [6.07, 6.45) is 1.93. The average Bonchev–Trinajstić information content (AvgIpc) is 2.86. The van der Waals surface area contributed by atoms with Gasteiger partial charge in [0, 0.05) is 43.9 Å². The molecule has 1 fully saturated rings. The van der Waals surface area contributed by atoms with Crippen LogP contribution in [0.2, 0.25) is 0 Å². The van der Waals surface area contributed by atoms with Crippen LogP contribution in [-0.2, 0) is 6.54 Å². The summed E-state index contributed by atoms with van der Waals surface area (Å²) >= 11 is 0. The van der Waals surface area contributed by atoms with Crippen molar-refractivity contribution in [3.63, 3.8) is 0 Å². The summed E-state index contributed by atoms with van der Waals surface area (Å²) < 4.78 is 0. The highest BCUT2D eigenvalue weighted by molar-refractivity contribution is 5.78. The number of aromatic nitrogens is 2. The maximum Gasteiger partial charge on any atom is 0.147 e. The number of hydrogen-bond acceptors (Lipinski definition) is 4. The first-order chi connectivity index (χ1) is 15.4. The molecule has 0 bridgehead atoms. The fraction of sp³-hybridized carbons (Fsp3) is 0.185. The van der Waals surface area contributed by atoms with E-state index in [1.165, 1.54) is 5.56 Å². The highest BCUT2D eigenvalue weighted by atomic mass is 15.3. The molecule has 1 aliphatic heterocycles. The van der Waals surface area contributed by atoms with Crippen molar-refractivity contribution in [3.8, 4) is 22.5 Å². The van der Waals surface area contributed by atoms with Crippen LogP contribution in [0, 0.1) is 0 Å². The third-order valence-electron chi connectivity index (χ3n) is 5.80. The lowest BCUT2D eigenvalue weighted by Crippen LogP contribution is -2.46. The van der Waals surface area contributed by atoms with Gasteiger partial charge in [-0.3, -0.25) is 9.88 Å². The second-order valence-corrected chi connectivity index (χ2v) is 7.91. The molecule has 0 unspecified atom stereocenters. The molecule has 1 aliphatic rings. The normalized spacial score (nSPS) is 14.5. The van der Waals surface area contributed by atoms with Crippen molar-refractivity contribution >= 4 is 5.82 Å². The molecule has 0 atom stereocenters. The summed E-state index contributed by atoms with van der Waals surface area (Å²) in [6, 6.07) is 31.4. The zero-order valence-corrected chi connectivity index (χ0v) is 17.6.